The van der Waals surface area contributed by atoms with Gasteiger partial charge in [-0.2, -0.15) is 0 Å². The summed E-state index contributed by atoms with van der Waals surface area (Å²) in [5.74, 6) is 0. The third-order valence-corrected chi connectivity index (χ3v) is 10.1. The molecule has 0 spiro atoms. The third-order valence-electron chi connectivity index (χ3n) is 5.72. The topological polar surface area (TPSA) is 0 Å². The molecular formula is C27H26ClP. The lowest BCUT2D eigenvalue weighted by Gasteiger charge is -2.28. The van der Waals surface area contributed by atoms with Gasteiger partial charge in [0.05, 0.1) is 6.16 Å². The van der Waals surface area contributed by atoms with Gasteiger partial charge in [-0.05, 0) is 66.9 Å². The molecule has 0 nitrogen and oxygen atoms in total. The number of benzene rings is 4. The SMILES string of the molecule is Cc1cccc(C[P+](c2ccccc2)(c2ccccc2)c2ccccc2)c1C.[Cl-]. The molecule has 0 aromatic heterocycles. The van der Waals surface area contributed by atoms with Crippen molar-refractivity contribution in [2.45, 2.75) is 20.0 Å². The molecule has 29 heavy (non-hydrogen) atoms. The number of hydrogen-bond donors (Lipinski definition) is 0. The van der Waals surface area contributed by atoms with Crippen LogP contribution in [0.4, 0.5) is 0 Å². The fourth-order valence-electron chi connectivity index (χ4n) is 4.01. The number of rotatable bonds is 5. The third kappa shape index (κ3) is 4.15. The van der Waals surface area contributed by atoms with Crippen LogP contribution in [0.5, 0.6) is 0 Å². The van der Waals surface area contributed by atoms with Crippen LogP contribution in [0.2, 0.25) is 0 Å². The van der Waals surface area contributed by atoms with Gasteiger partial charge in [0.25, 0.3) is 0 Å². The molecule has 0 aliphatic rings. The van der Waals surface area contributed by atoms with Crippen molar-refractivity contribution in [3.05, 3.63) is 126 Å². The largest absolute Gasteiger partial charge is 1.00 e. The van der Waals surface area contributed by atoms with Crippen molar-refractivity contribution in [3.8, 4) is 0 Å². The summed E-state index contributed by atoms with van der Waals surface area (Å²) in [6.45, 7) is 4.48. The van der Waals surface area contributed by atoms with E-state index in [0.29, 0.717) is 0 Å². The lowest BCUT2D eigenvalue weighted by Crippen LogP contribution is -3.00. The second kappa shape index (κ2) is 9.40. The van der Waals surface area contributed by atoms with E-state index in [0.717, 1.165) is 6.16 Å². The van der Waals surface area contributed by atoms with Crippen molar-refractivity contribution in [3.63, 3.8) is 0 Å². The van der Waals surface area contributed by atoms with Gasteiger partial charge in [-0.25, -0.2) is 0 Å². The Morgan fingerprint density at radius 2 is 0.931 bits per heavy atom. The highest BCUT2D eigenvalue weighted by atomic mass is 35.5. The molecule has 4 aromatic carbocycles. The highest BCUT2D eigenvalue weighted by molar-refractivity contribution is 7.95. The van der Waals surface area contributed by atoms with E-state index in [1.54, 1.807) is 0 Å². The van der Waals surface area contributed by atoms with Crippen molar-refractivity contribution in [1.29, 1.82) is 0 Å². The molecule has 0 radical (unpaired) electrons. The van der Waals surface area contributed by atoms with Gasteiger partial charge in [-0.1, -0.05) is 72.8 Å². The van der Waals surface area contributed by atoms with Crippen molar-refractivity contribution in [2.24, 2.45) is 0 Å². The average Bonchev–Trinajstić information content (AvgIpc) is 2.77. The molecule has 4 aromatic rings. The first kappa shape index (κ1) is 21.3. The maximum atomic E-state index is 2.32. The molecule has 4 rings (SSSR count). The summed E-state index contributed by atoms with van der Waals surface area (Å²) in [7, 11) is -1.82. The van der Waals surface area contributed by atoms with Gasteiger partial charge >= 0.3 is 0 Å². The fraction of sp³-hybridized carbons (Fsp3) is 0.111. The van der Waals surface area contributed by atoms with E-state index in [9.17, 15) is 0 Å². The smallest absolute Gasteiger partial charge is 0.116 e. The number of halogens is 1. The van der Waals surface area contributed by atoms with E-state index in [4.69, 9.17) is 0 Å². The van der Waals surface area contributed by atoms with Gasteiger partial charge in [-0.3, -0.25) is 0 Å². The molecule has 0 fully saturated rings. The van der Waals surface area contributed by atoms with Crippen LogP contribution in [0.25, 0.3) is 0 Å². The number of hydrogen-bond acceptors (Lipinski definition) is 0. The fourth-order valence-corrected chi connectivity index (χ4v) is 8.35. The van der Waals surface area contributed by atoms with Crippen molar-refractivity contribution >= 4 is 23.2 Å². The molecular weight excluding hydrogens is 391 g/mol. The normalized spacial score (nSPS) is 11.0. The van der Waals surface area contributed by atoms with Crippen LogP contribution in [0.3, 0.4) is 0 Å². The van der Waals surface area contributed by atoms with Gasteiger partial charge < -0.3 is 12.4 Å². The summed E-state index contributed by atoms with van der Waals surface area (Å²) in [6.07, 6.45) is 1.04. The van der Waals surface area contributed by atoms with Crippen LogP contribution in [0.1, 0.15) is 16.7 Å². The maximum absolute atomic E-state index is 2.32. The molecule has 0 aliphatic heterocycles. The van der Waals surface area contributed by atoms with Crippen LogP contribution in [-0.2, 0) is 6.16 Å². The van der Waals surface area contributed by atoms with Gasteiger partial charge in [-0.15, -0.1) is 0 Å². The van der Waals surface area contributed by atoms with Crippen LogP contribution >= 0.6 is 7.26 Å². The van der Waals surface area contributed by atoms with E-state index in [-0.39, 0.29) is 12.4 Å². The first-order valence-corrected chi connectivity index (χ1v) is 11.8. The Morgan fingerprint density at radius 1 is 0.517 bits per heavy atom. The van der Waals surface area contributed by atoms with E-state index in [2.05, 4.69) is 123 Å². The predicted octanol–water partition coefficient (Wildman–Crippen LogP) is 2.80. The molecule has 0 heterocycles. The van der Waals surface area contributed by atoms with Gasteiger partial charge in [0.1, 0.15) is 23.2 Å². The average molecular weight is 417 g/mol. The molecule has 2 heteroatoms. The quantitative estimate of drug-likeness (QED) is 0.439. The molecule has 146 valence electrons. The Morgan fingerprint density at radius 3 is 1.34 bits per heavy atom. The summed E-state index contributed by atoms with van der Waals surface area (Å²) in [6, 6.07) is 40.1. The Bertz CT molecular complexity index is 947. The summed E-state index contributed by atoms with van der Waals surface area (Å²) < 4.78 is 0. The van der Waals surface area contributed by atoms with Gasteiger partial charge in [0.15, 0.2) is 0 Å². The summed E-state index contributed by atoms with van der Waals surface area (Å²) in [5.41, 5.74) is 4.23. The predicted molar refractivity (Wildman–Crippen MR) is 125 cm³/mol. The van der Waals surface area contributed by atoms with E-state index in [1.165, 1.54) is 32.6 Å². The lowest BCUT2D eigenvalue weighted by molar-refractivity contribution is -0.00000558. The molecule has 0 atom stereocenters. The van der Waals surface area contributed by atoms with Crippen molar-refractivity contribution in [1.82, 2.24) is 0 Å². The minimum absolute atomic E-state index is 0. The second-order valence-electron chi connectivity index (χ2n) is 7.33. The zero-order valence-corrected chi connectivity index (χ0v) is 18.6. The monoisotopic (exact) mass is 416 g/mol. The van der Waals surface area contributed by atoms with Crippen LogP contribution in [0, 0.1) is 13.8 Å². The zero-order valence-electron chi connectivity index (χ0n) is 16.9. The first-order chi connectivity index (χ1) is 13.7. The van der Waals surface area contributed by atoms with Crippen molar-refractivity contribution in [2.75, 3.05) is 0 Å². The Balaban J connectivity index is 0.00000240. The summed E-state index contributed by atoms with van der Waals surface area (Å²) in [5, 5.41) is 4.31. The molecule has 0 unspecified atom stereocenters. The van der Waals surface area contributed by atoms with E-state index in [1.807, 2.05) is 0 Å². The highest BCUT2D eigenvalue weighted by Crippen LogP contribution is 2.58. The molecule has 0 amide bonds. The minimum atomic E-state index is -1.82. The highest BCUT2D eigenvalue weighted by Gasteiger charge is 2.45. The minimum Gasteiger partial charge on any atom is -1.00 e. The molecule has 0 aliphatic carbocycles. The second-order valence-corrected chi connectivity index (χ2v) is 10.8. The summed E-state index contributed by atoms with van der Waals surface area (Å²) in [4.78, 5) is 0. The Kier molecular flexibility index (Phi) is 6.91. The van der Waals surface area contributed by atoms with Gasteiger partial charge in [0, 0.05) is 0 Å². The first-order valence-electron chi connectivity index (χ1n) is 9.82. The van der Waals surface area contributed by atoms with Crippen LogP contribution in [-0.4, -0.2) is 0 Å². The maximum Gasteiger partial charge on any atom is 0.116 e. The van der Waals surface area contributed by atoms with E-state index >= 15 is 0 Å². The summed E-state index contributed by atoms with van der Waals surface area (Å²) >= 11 is 0. The standard InChI is InChI=1S/C27H26P.ClH/c1-22-13-12-14-24(23(22)2)21-28(25-15-6-3-7-16-25,26-17-8-4-9-18-26)27-19-10-5-11-20-27;/h3-20H,21H2,1-2H3;1H/q+1;/p-1. The Hall–Kier alpha value is -2.40. The van der Waals surface area contributed by atoms with Crippen LogP contribution < -0.4 is 28.3 Å². The van der Waals surface area contributed by atoms with Gasteiger partial charge in [0.2, 0.25) is 0 Å². The molecule has 0 bridgehead atoms. The number of aryl methyl sites for hydroxylation is 1. The molecule has 0 N–H and O–H groups in total. The zero-order chi connectivity index (χ0) is 19.4. The lowest BCUT2D eigenvalue weighted by atomic mass is 10.1. The Labute approximate surface area is 181 Å². The van der Waals surface area contributed by atoms with Crippen LogP contribution in [0.15, 0.2) is 109 Å². The van der Waals surface area contributed by atoms with E-state index < -0.39 is 7.26 Å². The molecule has 0 saturated heterocycles. The molecule has 0 saturated carbocycles. The van der Waals surface area contributed by atoms with Crippen molar-refractivity contribution < 1.29 is 12.4 Å².